The number of thiazole rings is 1. The predicted octanol–water partition coefficient (Wildman–Crippen LogP) is 2.24. The molecule has 1 aromatic rings. The molecule has 2 saturated heterocycles. The summed E-state index contributed by atoms with van der Waals surface area (Å²) in [6.45, 7) is 9.34. The van der Waals surface area contributed by atoms with Gasteiger partial charge in [0.2, 0.25) is 5.91 Å². The number of carbonyl (C=O) groups excluding carboxylic acids is 1. The monoisotopic (exact) mass is 367 g/mol. The Hall–Kier alpha value is -1.02. The molecule has 140 valence electrons. The van der Waals surface area contributed by atoms with Crippen LogP contribution in [0.1, 0.15) is 45.7 Å². The second-order valence-electron chi connectivity index (χ2n) is 8.19. The summed E-state index contributed by atoms with van der Waals surface area (Å²) in [7, 11) is 0. The quantitative estimate of drug-likeness (QED) is 0.854. The zero-order chi connectivity index (χ0) is 18.0. The highest BCUT2D eigenvalue weighted by atomic mass is 32.1. The molecular formula is C18H29N3O3S. The summed E-state index contributed by atoms with van der Waals surface area (Å²) in [4.78, 5) is 19.4. The molecule has 1 amide bonds. The van der Waals surface area contributed by atoms with Crippen molar-refractivity contribution in [1.82, 2.24) is 9.88 Å². The number of β-amino-alcohol motifs (C(OH)–C–C–N with tert-alkyl or cyclic N) is 1. The van der Waals surface area contributed by atoms with E-state index in [0.29, 0.717) is 24.0 Å². The van der Waals surface area contributed by atoms with Crippen molar-refractivity contribution >= 4 is 22.4 Å². The van der Waals surface area contributed by atoms with Gasteiger partial charge < -0.3 is 15.2 Å². The molecule has 0 saturated carbocycles. The van der Waals surface area contributed by atoms with Crippen LogP contribution in [0.5, 0.6) is 0 Å². The third-order valence-corrected chi connectivity index (χ3v) is 5.78. The number of aromatic nitrogens is 1. The highest BCUT2D eigenvalue weighted by Crippen LogP contribution is 2.28. The van der Waals surface area contributed by atoms with E-state index in [1.165, 1.54) is 11.3 Å². The molecule has 0 bridgehead atoms. The molecule has 0 radical (unpaired) electrons. The van der Waals surface area contributed by atoms with Crippen LogP contribution in [0.4, 0.5) is 5.13 Å². The number of hydrogen-bond donors (Lipinski definition) is 2. The number of rotatable bonds is 4. The summed E-state index contributed by atoms with van der Waals surface area (Å²) < 4.78 is 5.41. The lowest BCUT2D eigenvalue weighted by Gasteiger charge is -2.30. The topological polar surface area (TPSA) is 74.7 Å². The first kappa shape index (κ1) is 18.8. The molecule has 2 fully saturated rings. The minimum atomic E-state index is -0.433. The third kappa shape index (κ3) is 4.78. The molecule has 0 aliphatic carbocycles. The van der Waals surface area contributed by atoms with Crippen molar-refractivity contribution in [2.45, 2.75) is 57.6 Å². The molecule has 3 rings (SSSR count). The lowest BCUT2D eigenvalue weighted by Crippen LogP contribution is -2.42. The van der Waals surface area contributed by atoms with Crippen LogP contribution in [0.2, 0.25) is 0 Å². The van der Waals surface area contributed by atoms with Crippen LogP contribution in [0.15, 0.2) is 5.38 Å². The molecule has 0 spiro atoms. The van der Waals surface area contributed by atoms with E-state index in [2.05, 4.69) is 36.0 Å². The lowest BCUT2D eigenvalue weighted by molar-refractivity contribution is -0.120. The van der Waals surface area contributed by atoms with Crippen LogP contribution >= 0.6 is 11.3 Å². The van der Waals surface area contributed by atoms with Crippen LogP contribution in [0.3, 0.4) is 0 Å². The van der Waals surface area contributed by atoms with Crippen molar-refractivity contribution in [1.29, 1.82) is 0 Å². The Kier molecular flexibility index (Phi) is 5.78. The first-order chi connectivity index (χ1) is 11.8. The Balaban J connectivity index is 1.61. The van der Waals surface area contributed by atoms with Crippen LogP contribution in [0, 0.1) is 5.92 Å². The molecule has 2 atom stereocenters. The van der Waals surface area contributed by atoms with Gasteiger partial charge in [-0.05, 0) is 25.2 Å². The van der Waals surface area contributed by atoms with Crippen molar-refractivity contribution in [2.75, 3.05) is 31.6 Å². The number of amides is 1. The number of aliphatic hydroxyl groups excluding tert-OH is 1. The molecule has 6 nitrogen and oxygen atoms in total. The fourth-order valence-corrected chi connectivity index (χ4v) is 4.42. The Bertz CT molecular complexity index is 593. The molecule has 7 heteroatoms. The summed E-state index contributed by atoms with van der Waals surface area (Å²) in [5, 5.41) is 15.7. The molecular weight excluding hydrogens is 338 g/mol. The molecule has 1 aromatic heterocycles. The highest BCUT2D eigenvalue weighted by Gasteiger charge is 2.37. The second-order valence-corrected chi connectivity index (χ2v) is 9.05. The van der Waals surface area contributed by atoms with E-state index < -0.39 is 6.10 Å². The molecule has 2 aliphatic rings. The summed E-state index contributed by atoms with van der Waals surface area (Å²) >= 11 is 1.46. The fourth-order valence-electron chi connectivity index (χ4n) is 3.48. The average Bonchev–Trinajstić information content (AvgIpc) is 3.15. The van der Waals surface area contributed by atoms with Gasteiger partial charge in [0.05, 0.1) is 17.8 Å². The molecule has 0 aromatic carbocycles. The Morgan fingerprint density at radius 3 is 2.80 bits per heavy atom. The normalized spacial score (nSPS) is 26.1. The molecule has 2 N–H and O–H groups in total. The van der Waals surface area contributed by atoms with Gasteiger partial charge in [0.15, 0.2) is 5.13 Å². The van der Waals surface area contributed by atoms with E-state index in [0.717, 1.165) is 38.3 Å². The average molecular weight is 368 g/mol. The summed E-state index contributed by atoms with van der Waals surface area (Å²) in [5.41, 5.74) is 0.955. The zero-order valence-corrected chi connectivity index (χ0v) is 16.1. The lowest BCUT2D eigenvalue weighted by atomic mass is 9.93. The highest BCUT2D eigenvalue weighted by molar-refractivity contribution is 7.14. The van der Waals surface area contributed by atoms with Crippen molar-refractivity contribution in [2.24, 2.45) is 5.92 Å². The first-order valence-corrected chi connectivity index (χ1v) is 9.97. The van der Waals surface area contributed by atoms with E-state index in [1.807, 2.05) is 5.38 Å². The standard InChI is InChI=1S/C18H29N3O3S/c1-18(2,3)15-11-25-17(19-15)20-16(23)14-8-13(22)10-21(14)9-12-4-6-24-7-5-12/h11-14,22H,4-10H2,1-3H3,(H,19,20,23). The van der Waals surface area contributed by atoms with Crippen molar-refractivity contribution in [3.05, 3.63) is 11.1 Å². The summed E-state index contributed by atoms with van der Waals surface area (Å²) in [6.07, 6.45) is 2.12. The van der Waals surface area contributed by atoms with Crippen molar-refractivity contribution < 1.29 is 14.6 Å². The van der Waals surface area contributed by atoms with Crippen LogP contribution in [0.25, 0.3) is 0 Å². The maximum absolute atomic E-state index is 12.7. The van der Waals surface area contributed by atoms with Crippen molar-refractivity contribution in [3.8, 4) is 0 Å². The number of ether oxygens (including phenoxy) is 1. The fraction of sp³-hybridized carbons (Fsp3) is 0.778. The van der Waals surface area contributed by atoms with Gasteiger partial charge in [-0.15, -0.1) is 11.3 Å². The van der Waals surface area contributed by atoms with Crippen LogP contribution in [-0.4, -0.2) is 59.3 Å². The van der Waals surface area contributed by atoms with Gasteiger partial charge in [-0.3, -0.25) is 9.69 Å². The largest absolute Gasteiger partial charge is 0.392 e. The van der Waals surface area contributed by atoms with Crippen LogP contribution in [-0.2, 0) is 14.9 Å². The molecule has 2 unspecified atom stereocenters. The van der Waals surface area contributed by atoms with Gasteiger partial charge in [0, 0.05) is 37.1 Å². The van der Waals surface area contributed by atoms with E-state index in [4.69, 9.17) is 4.74 Å². The number of aliphatic hydroxyl groups is 1. The summed E-state index contributed by atoms with van der Waals surface area (Å²) in [5.74, 6) is 0.486. The number of nitrogens with zero attached hydrogens (tertiary/aromatic N) is 2. The Morgan fingerprint density at radius 1 is 1.44 bits per heavy atom. The smallest absolute Gasteiger partial charge is 0.243 e. The second kappa shape index (κ2) is 7.70. The van der Waals surface area contributed by atoms with E-state index in [9.17, 15) is 9.90 Å². The summed E-state index contributed by atoms with van der Waals surface area (Å²) in [6, 6.07) is -0.278. The van der Waals surface area contributed by atoms with Gasteiger partial charge in [0.1, 0.15) is 0 Å². The number of nitrogens with one attached hydrogen (secondary N) is 1. The van der Waals surface area contributed by atoms with Gasteiger partial charge in [0.25, 0.3) is 0 Å². The maximum Gasteiger partial charge on any atom is 0.243 e. The minimum Gasteiger partial charge on any atom is -0.392 e. The van der Waals surface area contributed by atoms with E-state index in [1.54, 1.807) is 0 Å². The Labute approximate surface area is 153 Å². The number of likely N-dealkylation sites (tertiary alicyclic amines) is 1. The minimum absolute atomic E-state index is 0.0296. The predicted molar refractivity (Wildman–Crippen MR) is 99.0 cm³/mol. The van der Waals surface area contributed by atoms with Gasteiger partial charge in [-0.2, -0.15) is 0 Å². The molecule has 3 heterocycles. The van der Waals surface area contributed by atoms with E-state index in [-0.39, 0.29) is 17.4 Å². The SMILES string of the molecule is CC(C)(C)c1csc(NC(=O)C2CC(O)CN2CC2CCOCC2)n1. The molecule has 2 aliphatic heterocycles. The van der Waals surface area contributed by atoms with Crippen molar-refractivity contribution in [3.63, 3.8) is 0 Å². The zero-order valence-electron chi connectivity index (χ0n) is 15.3. The van der Waals surface area contributed by atoms with Gasteiger partial charge >= 0.3 is 0 Å². The number of carbonyl (C=O) groups is 1. The van der Waals surface area contributed by atoms with Gasteiger partial charge in [-0.25, -0.2) is 4.98 Å². The first-order valence-electron chi connectivity index (χ1n) is 9.09. The van der Waals surface area contributed by atoms with Gasteiger partial charge in [-0.1, -0.05) is 20.8 Å². The Morgan fingerprint density at radius 2 is 2.16 bits per heavy atom. The number of hydrogen-bond acceptors (Lipinski definition) is 6. The number of anilines is 1. The molecule has 25 heavy (non-hydrogen) atoms. The maximum atomic E-state index is 12.7. The van der Waals surface area contributed by atoms with Crippen LogP contribution < -0.4 is 5.32 Å². The van der Waals surface area contributed by atoms with E-state index >= 15 is 0 Å². The third-order valence-electron chi connectivity index (χ3n) is 5.02.